The quantitative estimate of drug-likeness (QED) is 0.601. The van der Waals surface area contributed by atoms with Gasteiger partial charge in [0.15, 0.2) is 0 Å². The zero-order valence-corrected chi connectivity index (χ0v) is 9.79. The number of rotatable bonds is 5. The Bertz CT molecular complexity index is 285. The molecule has 0 saturated carbocycles. The standard InChI is InChI=1S/C11H17ClN2O/c1-3-10(15-2)11(14-13)8-4-6-9(12)7-5-8/h4-7,10-11,14H,3,13H2,1-2H3. The van der Waals surface area contributed by atoms with Crippen molar-refractivity contribution < 1.29 is 4.74 Å². The summed E-state index contributed by atoms with van der Waals surface area (Å²) in [5.74, 6) is 5.53. The van der Waals surface area contributed by atoms with Gasteiger partial charge in [-0.15, -0.1) is 0 Å². The summed E-state index contributed by atoms with van der Waals surface area (Å²) in [4.78, 5) is 0. The van der Waals surface area contributed by atoms with Gasteiger partial charge < -0.3 is 4.74 Å². The van der Waals surface area contributed by atoms with E-state index in [9.17, 15) is 0 Å². The third-order valence-electron chi connectivity index (χ3n) is 2.49. The minimum absolute atomic E-state index is 0.00253. The maximum Gasteiger partial charge on any atom is 0.0776 e. The number of ether oxygens (including phenoxy) is 1. The number of hydrogen-bond donors (Lipinski definition) is 2. The lowest BCUT2D eigenvalue weighted by molar-refractivity contribution is 0.0651. The van der Waals surface area contributed by atoms with Crippen molar-refractivity contribution in [2.24, 2.45) is 5.84 Å². The SMILES string of the molecule is CCC(OC)C(NN)c1ccc(Cl)cc1. The van der Waals surface area contributed by atoms with Crippen LogP contribution in [0.25, 0.3) is 0 Å². The molecule has 4 heteroatoms. The predicted octanol–water partition coefficient (Wildman–Crippen LogP) is 2.27. The summed E-state index contributed by atoms with van der Waals surface area (Å²) in [6.07, 6.45) is 0.963. The molecular formula is C11H17ClN2O. The Morgan fingerprint density at radius 1 is 1.40 bits per heavy atom. The minimum atomic E-state index is -0.00253. The summed E-state index contributed by atoms with van der Waals surface area (Å²) in [6.45, 7) is 2.06. The second kappa shape index (κ2) is 6.08. The van der Waals surface area contributed by atoms with E-state index in [-0.39, 0.29) is 12.1 Å². The Morgan fingerprint density at radius 3 is 2.40 bits per heavy atom. The average molecular weight is 229 g/mol. The van der Waals surface area contributed by atoms with E-state index in [1.165, 1.54) is 0 Å². The fourth-order valence-electron chi connectivity index (χ4n) is 1.63. The van der Waals surface area contributed by atoms with Crippen LogP contribution in [0.1, 0.15) is 24.9 Å². The molecule has 2 atom stereocenters. The normalized spacial score (nSPS) is 14.9. The van der Waals surface area contributed by atoms with Gasteiger partial charge >= 0.3 is 0 Å². The minimum Gasteiger partial charge on any atom is -0.379 e. The Morgan fingerprint density at radius 2 is 2.00 bits per heavy atom. The molecule has 3 nitrogen and oxygen atoms in total. The van der Waals surface area contributed by atoms with Crippen LogP contribution >= 0.6 is 11.6 Å². The smallest absolute Gasteiger partial charge is 0.0776 e. The summed E-state index contributed by atoms with van der Waals surface area (Å²) < 4.78 is 5.36. The molecule has 1 rings (SSSR count). The zero-order chi connectivity index (χ0) is 11.3. The number of hydrazine groups is 1. The molecule has 0 radical (unpaired) electrons. The van der Waals surface area contributed by atoms with E-state index in [1.54, 1.807) is 7.11 Å². The first kappa shape index (κ1) is 12.5. The van der Waals surface area contributed by atoms with Crippen LogP contribution in [-0.4, -0.2) is 13.2 Å². The van der Waals surface area contributed by atoms with E-state index in [0.29, 0.717) is 0 Å². The molecule has 84 valence electrons. The third-order valence-corrected chi connectivity index (χ3v) is 2.74. The molecule has 0 saturated heterocycles. The molecule has 1 aromatic carbocycles. The highest BCUT2D eigenvalue weighted by molar-refractivity contribution is 6.30. The summed E-state index contributed by atoms with van der Waals surface area (Å²) in [6, 6.07) is 7.60. The average Bonchev–Trinajstić information content (AvgIpc) is 2.27. The number of benzene rings is 1. The molecule has 0 aliphatic carbocycles. The van der Waals surface area contributed by atoms with Crippen molar-refractivity contribution in [2.45, 2.75) is 25.5 Å². The van der Waals surface area contributed by atoms with Crippen LogP contribution in [0.3, 0.4) is 0 Å². The summed E-state index contributed by atoms with van der Waals surface area (Å²) in [7, 11) is 1.69. The van der Waals surface area contributed by atoms with Gasteiger partial charge in [-0.2, -0.15) is 0 Å². The monoisotopic (exact) mass is 228 g/mol. The van der Waals surface area contributed by atoms with Crippen LogP contribution in [0.4, 0.5) is 0 Å². The van der Waals surface area contributed by atoms with E-state index in [2.05, 4.69) is 12.3 Å². The van der Waals surface area contributed by atoms with Gasteiger partial charge in [-0.25, -0.2) is 0 Å². The molecular weight excluding hydrogens is 212 g/mol. The predicted molar refractivity (Wildman–Crippen MR) is 62.6 cm³/mol. The van der Waals surface area contributed by atoms with Crippen LogP contribution in [0.2, 0.25) is 5.02 Å². The van der Waals surface area contributed by atoms with Crippen molar-refractivity contribution >= 4 is 11.6 Å². The molecule has 0 aliphatic rings. The Hall–Kier alpha value is -0.610. The van der Waals surface area contributed by atoms with E-state index in [1.807, 2.05) is 24.3 Å². The molecule has 2 unspecified atom stereocenters. The molecule has 15 heavy (non-hydrogen) atoms. The molecule has 0 fully saturated rings. The van der Waals surface area contributed by atoms with Crippen molar-refractivity contribution in [1.82, 2.24) is 5.43 Å². The number of nitrogens with one attached hydrogen (secondary N) is 1. The molecule has 0 aliphatic heterocycles. The van der Waals surface area contributed by atoms with Gasteiger partial charge in [0.25, 0.3) is 0 Å². The number of halogens is 1. The second-order valence-corrected chi connectivity index (χ2v) is 3.81. The van der Waals surface area contributed by atoms with Crippen LogP contribution in [-0.2, 0) is 4.74 Å². The summed E-state index contributed by atoms with van der Waals surface area (Å²) in [5, 5.41) is 0.722. The molecule has 3 N–H and O–H groups in total. The molecule has 0 heterocycles. The van der Waals surface area contributed by atoms with Gasteiger partial charge in [0.2, 0.25) is 0 Å². The third kappa shape index (κ3) is 3.18. The van der Waals surface area contributed by atoms with Crippen LogP contribution < -0.4 is 11.3 Å². The number of nitrogens with two attached hydrogens (primary N) is 1. The summed E-state index contributed by atoms with van der Waals surface area (Å²) >= 11 is 5.82. The van der Waals surface area contributed by atoms with Gasteiger partial charge in [0, 0.05) is 12.1 Å². The summed E-state index contributed by atoms with van der Waals surface area (Å²) in [5.41, 5.74) is 3.85. The fraction of sp³-hybridized carbons (Fsp3) is 0.455. The maximum atomic E-state index is 5.82. The van der Waals surface area contributed by atoms with E-state index in [0.717, 1.165) is 17.0 Å². The van der Waals surface area contributed by atoms with Gasteiger partial charge in [0.05, 0.1) is 12.1 Å². The van der Waals surface area contributed by atoms with E-state index in [4.69, 9.17) is 22.2 Å². The maximum absolute atomic E-state index is 5.82. The highest BCUT2D eigenvalue weighted by Gasteiger charge is 2.19. The van der Waals surface area contributed by atoms with Gasteiger partial charge in [-0.3, -0.25) is 11.3 Å². The number of methoxy groups -OCH3 is 1. The topological polar surface area (TPSA) is 47.3 Å². The molecule has 0 amide bonds. The van der Waals surface area contributed by atoms with Gasteiger partial charge in [-0.05, 0) is 24.1 Å². The van der Waals surface area contributed by atoms with Crippen molar-refractivity contribution in [2.75, 3.05) is 7.11 Å². The molecule has 0 bridgehead atoms. The molecule has 1 aromatic rings. The largest absolute Gasteiger partial charge is 0.379 e. The van der Waals surface area contributed by atoms with Crippen molar-refractivity contribution in [3.63, 3.8) is 0 Å². The first-order valence-electron chi connectivity index (χ1n) is 4.97. The highest BCUT2D eigenvalue weighted by Crippen LogP contribution is 2.21. The Balaban J connectivity index is 2.86. The molecule has 0 spiro atoms. The van der Waals surface area contributed by atoms with Crippen LogP contribution in [0.15, 0.2) is 24.3 Å². The van der Waals surface area contributed by atoms with Crippen molar-refractivity contribution in [3.8, 4) is 0 Å². The first-order chi connectivity index (χ1) is 7.22. The highest BCUT2D eigenvalue weighted by atomic mass is 35.5. The van der Waals surface area contributed by atoms with Gasteiger partial charge in [0.1, 0.15) is 0 Å². The molecule has 0 aromatic heterocycles. The Labute approximate surface area is 95.5 Å². The van der Waals surface area contributed by atoms with Crippen molar-refractivity contribution in [3.05, 3.63) is 34.9 Å². The Kier molecular flexibility index (Phi) is 5.05. The van der Waals surface area contributed by atoms with Gasteiger partial charge in [-0.1, -0.05) is 30.7 Å². The first-order valence-corrected chi connectivity index (χ1v) is 5.35. The van der Waals surface area contributed by atoms with E-state index >= 15 is 0 Å². The fourth-order valence-corrected chi connectivity index (χ4v) is 1.75. The lowest BCUT2D eigenvalue weighted by atomic mass is 10.0. The van der Waals surface area contributed by atoms with Crippen LogP contribution in [0, 0.1) is 0 Å². The lowest BCUT2D eigenvalue weighted by Gasteiger charge is -2.24. The van der Waals surface area contributed by atoms with Crippen LogP contribution in [0.5, 0.6) is 0 Å². The lowest BCUT2D eigenvalue weighted by Crippen LogP contribution is -2.37. The zero-order valence-electron chi connectivity index (χ0n) is 9.03. The van der Waals surface area contributed by atoms with E-state index < -0.39 is 0 Å². The number of hydrogen-bond acceptors (Lipinski definition) is 3. The second-order valence-electron chi connectivity index (χ2n) is 3.38. The van der Waals surface area contributed by atoms with Crippen molar-refractivity contribution in [1.29, 1.82) is 0 Å².